The normalized spacial score (nSPS) is 11.7. The van der Waals surface area contributed by atoms with Crippen molar-refractivity contribution in [1.29, 1.82) is 0 Å². The average Bonchev–Trinajstić information content (AvgIpc) is 3.69. The summed E-state index contributed by atoms with van der Waals surface area (Å²) in [5.74, 6) is 0. The van der Waals surface area contributed by atoms with E-state index in [1.54, 1.807) is 0 Å². The van der Waals surface area contributed by atoms with Crippen molar-refractivity contribution in [2.45, 2.75) is 0 Å². The Balaban J connectivity index is 1.23. The topological polar surface area (TPSA) is 13.1 Å². The van der Waals surface area contributed by atoms with E-state index in [1.807, 2.05) is 0 Å². The highest BCUT2D eigenvalue weighted by Crippen LogP contribution is 2.43. The number of anilines is 3. The quantitative estimate of drug-likeness (QED) is 0.185. The van der Waals surface area contributed by atoms with Crippen molar-refractivity contribution in [2.24, 2.45) is 0 Å². The molecule has 3 heteroatoms. The summed E-state index contributed by atoms with van der Waals surface area (Å²) >= 11 is 0. The first-order valence-corrected chi connectivity index (χ1v) is 16.8. The Morgan fingerprint density at radius 1 is 0.327 bits per heavy atom. The van der Waals surface area contributed by atoms with Crippen molar-refractivity contribution >= 4 is 71.4 Å². The molecule has 2 aromatic heterocycles. The molecule has 0 atom stereocenters. The molecule has 0 spiro atoms. The van der Waals surface area contributed by atoms with Crippen LogP contribution < -0.4 is 4.90 Å². The second-order valence-electron chi connectivity index (χ2n) is 12.6. The van der Waals surface area contributed by atoms with Crippen LogP contribution in [0.1, 0.15) is 0 Å². The molecule has 0 fully saturated rings. The number of rotatable bonds is 5. The molecular formula is C46H31N3. The van der Waals surface area contributed by atoms with E-state index in [0.717, 1.165) is 28.4 Å². The van der Waals surface area contributed by atoms with E-state index in [-0.39, 0.29) is 0 Å². The van der Waals surface area contributed by atoms with Crippen molar-refractivity contribution in [2.75, 3.05) is 4.90 Å². The molecule has 0 unspecified atom stereocenters. The molecule has 230 valence electrons. The Morgan fingerprint density at radius 3 is 1.59 bits per heavy atom. The highest BCUT2D eigenvalue weighted by molar-refractivity contribution is 6.26. The van der Waals surface area contributed by atoms with Gasteiger partial charge in [0.05, 0.1) is 22.1 Å². The first-order chi connectivity index (χ1) is 24.3. The fourth-order valence-electron chi connectivity index (χ4n) is 7.72. The van der Waals surface area contributed by atoms with Crippen molar-refractivity contribution in [1.82, 2.24) is 9.13 Å². The van der Waals surface area contributed by atoms with Gasteiger partial charge in [0.25, 0.3) is 0 Å². The molecule has 0 N–H and O–H groups in total. The Morgan fingerprint density at radius 2 is 0.878 bits per heavy atom. The van der Waals surface area contributed by atoms with E-state index in [9.17, 15) is 0 Å². The lowest BCUT2D eigenvalue weighted by Crippen LogP contribution is -2.09. The summed E-state index contributed by atoms with van der Waals surface area (Å²) in [6, 6.07) is 67.8. The minimum atomic E-state index is 1.11. The Kier molecular flexibility index (Phi) is 6.18. The van der Waals surface area contributed by atoms with Crippen LogP contribution in [0.4, 0.5) is 17.1 Å². The van der Waals surface area contributed by atoms with E-state index in [0.29, 0.717) is 0 Å². The highest BCUT2D eigenvalue weighted by Gasteiger charge is 2.21. The number of fused-ring (bicyclic) bond motifs is 8. The first kappa shape index (κ1) is 27.5. The van der Waals surface area contributed by atoms with Gasteiger partial charge in [-0.2, -0.15) is 0 Å². The third kappa shape index (κ3) is 4.29. The van der Waals surface area contributed by atoms with Gasteiger partial charge in [-0.1, -0.05) is 109 Å². The summed E-state index contributed by atoms with van der Waals surface area (Å²) in [7, 11) is 0. The molecule has 0 saturated heterocycles. The van der Waals surface area contributed by atoms with Gasteiger partial charge in [0, 0.05) is 50.0 Å². The number of hydrogen-bond acceptors (Lipinski definition) is 1. The van der Waals surface area contributed by atoms with E-state index < -0.39 is 0 Å². The zero-order valence-corrected chi connectivity index (χ0v) is 26.7. The fraction of sp³-hybridized carbons (Fsp3) is 0. The molecular weight excluding hydrogens is 595 g/mol. The predicted octanol–water partition coefficient (Wildman–Crippen LogP) is 12.5. The van der Waals surface area contributed by atoms with E-state index in [1.165, 1.54) is 54.4 Å². The zero-order chi connectivity index (χ0) is 32.3. The smallest absolute Gasteiger partial charge is 0.0641 e. The van der Waals surface area contributed by atoms with Crippen LogP contribution >= 0.6 is 0 Å². The largest absolute Gasteiger partial charge is 0.311 e. The van der Waals surface area contributed by atoms with Crippen LogP contribution in [0.15, 0.2) is 188 Å². The molecule has 49 heavy (non-hydrogen) atoms. The number of benzene rings is 8. The maximum Gasteiger partial charge on any atom is 0.0641 e. The zero-order valence-electron chi connectivity index (χ0n) is 26.7. The van der Waals surface area contributed by atoms with Gasteiger partial charge >= 0.3 is 0 Å². The van der Waals surface area contributed by atoms with Gasteiger partial charge in [0.15, 0.2) is 0 Å². The monoisotopic (exact) mass is 625 g/mol. The van der Waals surface area contributed by atoms with E-state index in [2.05, 4.69) is 202 Å². The Bertz CT molecular complexity index is 2770. The average molecular weight is 626 g/mol. The van der Waals surface area contributed by atoms with Gasteiger partial charge < -0.3 is 14.0 Å². The van der Waals surface area contributed by atoms with Crippen molar-refractivity contribution in [3.63, 3.8) is 0 Å². The standard InChI is InChI=1S/C46H31N3/c1-3-15-34(16-4-1)47(35-17-5-2-6-18-35)36-25-27-37(28-26-36)49-42-21-11-9-19-39(42)40-29-30-44-45(46(40)49)41-20-10-12-22-43(41)48(44)38-24-23-32-13-7-8-14-33(32)31-38/h1-31H. The summed E-state index contributed by atoms with van der Waals surface area (Å²) in [5, 5.41) is 7.50. The van der Waals surface area contributed by atoms with E-state index in [4.69, 9.17) is 0 Å². The molecule has 0 saturated carbocycles. The van der Waals surface area contributed by atoms with E-state index >= 15 is 0 Å². The summed E-state index contributed by atoms with van der Waals surface area (Å²) in [5.41, 5.74) is 10.5. The number of aromatic nitrogens is 2. The summed E-state index contributed by atoms with van der Waals surface area (Å²) in [6.45, 7) is 0. The van der Waals surface area contributed by atoms with Crippen LogP contribution in [0.2, 0.25) is 0 Å². The Labute approximate surface area is 284 Å². The molecule has 8 aromatic carbocycles. The fourth-order valence-corrected chi connectivity index (χ4v) is 7.72. The van der Waals surface area contributed by atoms with Gasteiger partial charge in [-0.05, 0) is 89.6 Å². The maximum absolute atomic E-state index is 2.46. The Hall–Kier alpha value is -6.58. The molecule has 2 heterocycles. The van der Waals surface area contributed by atoms with Crippen LogP contribution in [0, 0.1) is 0 Å². The molecule has 10 aromatic rings. The van der Waals surface area contributed by atoms with Crippen LogP contribution in [-0.4, -0.2) is 9.13 Å². The molecule has 0 aliphatic rings. The molecule has 3 nitrogen and oxygen atoms in total. The molecule has 0 aliphatic carbocycles. The summed E-state index contributed by atoms with van der Waals surface area (Å²) in [4.78, 5) is 2.31. The van der Waals surface area contributed by atoms with Gasteiger partial charge in [0.2, 0.25) is 0 Å². The van der Waals surface area contributed by atoms with Crippen LogP contribution in [0.3, 0.4) is 0 Å². The van der Waals surface area contributed by atoms with Crippen molar-refractivity contribution < 1.29 is 0 Å². The van der Waals surface area contributed by atoms with Crippen molar-refractivity contribution in [3.8, 4) is 11.4 Å². The second-order valence-corrected chi connectivity index (χ2v) is 12.6. The number of para-hydroxylation sites is 4. The lowest BCUT2D eigenvalue weighted by molar-refractivity contribution is 1.17. The lowest BCUT2D eigenvalue weighted by Gasteiger charge is -2.25. The number of nitrogens with zero attached hydrogens (tertiary/aromatic N) is 3. The minimum Gasteiger partial charge on any atom is -0.311 e. The van der Waals surface area contributed by atoms with Crippen molar-refractivity contribution in [3.05, 3.63) is 188 Å². The molecule has 0 amide bonds. The van der Waals surface area contributed by atoms with Gasteiger partial charge in [-0.3, -0.25) is 0 Å². The predicted molar refractivity (Wildman–Crippen MR) is 207 cm³/mol. The lowest BCUT2D eigenvalue weighted by atomic mass is 10.1. The summed E-state index contributed by atoms with van der Waals surface area (Å²) in [6.07, 6.45) is 0. The first-order valence-electron chi connectivity index (χ1n) is 16.8. The maximum atomic E-state index is 2.46. The molecule has 10 rings (SSSR count). The van der Waals surface area contributed by atoms with Gasteiger partial charge in [0.1, 0.15) is 0 Å². The molecule has 0 bridgehead atoms. The third-order valence-electron chi connectivity index (χ3n) is 9.86. The molecule has 0 aliphatic heterocycles. The minimum absolute atomic E-state index is 1.11. The van der Waals surface area contributed by atoms with Crippen LogP contribution in [-0.2, 0) is 0 Å². The van der Waals surface area contributed by atoms with Crippen LogP contribution in [0.25, 0.3) is 65.8 Å². The summed E-state index contributed by atoms with van der Waals surface area (Å²) < 4.78 is 4.89. The number of hydrogen-bond donors (Lipinski definition) is 0. The van der Waals surface area contributed by atoms with Gasteiger partial charge in [-0.15, -0.1) is 0 Å². The van der Waals surface area contributed by atoms with Crippen LogP contribution in [0.5, 0.6) is 0 Å². The second kappa shape index (κ2) is 11.0. The van der Waals surface area contributed by atoms with Gasteiger partial charge in [-0.25, -0.2) is 0 Å². The highest BCUT2D eigenvalue weighted by atomic mass is 15.1. The molecule has 0 radical (unpaired) electrons. The third-order valence-corrected chi connectivity index (χ3v) is 9.86. The SMILES string of the molecule is c1ccc(N(c2ccccc2)c2ccc(-n3c4ccccc4c4ccc5c(c6ccccc6n5-c5ccc6ccccc6c5)c43)cc2)cc1.